The second-order valence-electron chi connectivity index (χ2n) is 2.95. The summed E-state index contributed by atoms with van der Waals surface area (Å²) >= 11 is 0. The maximum absolute atomic E-state index is 12.6. The molecular formula is C8H2F5N3O2. The van der Waals surface area contributed by atoms with Crippen LogP contribution in [0, 0.1) is 21.4 Å². The highest BCUT2D eigenvalue weighted by atomic mass is 19.4. The monoisotopic (exact) mass is 267 g/mol. The van der Waals surface area contributed by atoms with Gasteiger partial charge < -0.3 is 0 Å². The van der Waals surface area contributed by atoms with E-state index in [0.29, 0.717) is 0 Å². The molecule has 10 heteroatoms. The Morgan fingerprint density at radius 2 is 2.00 bits per heavy atom. The number of halogens is 5. The summed E-state index contributed by atoms with van der Waals surface area (Å²) in [5.74, 6) is 0. The van der Waals surface area contributed by atoms with E-state index in [1.165, 1.54) is 0 Å². The number of aromatic nitrogens is 1. The van der Waals surface area contributed by atoms with Gasteiger partial charge in [0.05, 0.1) is 10.5 Å². The van der Waals surface area contributed by atoms with Crippen molar-refractivity contribution in [2.24, 2.45) is 0 Å². The zero-order valence-corrected chi connectivity index (χ0v) is 8.20. The number of rotatable bonds is 2. The van der Waals surface area contributed by atoms with Gasteiger partial charge in [-0.25, -0.2) is 13.8 Å². The van der Waals surface area contributed by atoms with Gasteiger partial charge in [-0.15, -0.1) is 0 Å². The van der Waals surface area contributed by atoms with Crippen molar-refractivity contribution in [3.8, 4) is 6.07 Å². The molecule has 0 spiro atoms. The first kappa shape index (κ1) is 13.8. The van der Waals surface area contributed by atoms with Crippen molar-refractivity contribution in [2.75, 3.05) is 0 Å². The number of alkyl halides is 5. The smallest absolute Gasteiger partial charge is 0.258 e. The molecule has 1 heterocycles. The summed E-state index contributed by atoms with van der Waals surface area (Å²) in [4.78, 5) is 11.9. The molecule has 0 bridgehead atoms. The van der Waals surface area contributed by atoms with Crippen molar-refractivity contribution in [1.29, 1.82) is 5.26 Å². The van der Waals surface area contributed by atoms with Gasteiger partial charge in [0.1, 0.15) is 11.6 Å². The van der Waals surface area contributed by atoms with E-state index in [4.69, 9.17) is 5.26 Å². The summed E-state index contributed by atoms with van der Waals surface area (Å²) in [5.41, 5.74) is -6.49. The Hall–Kier alpha value is -2.31. The molecule has 0 atom stereocenters. The number of nitro groups is 1. The lowest BCUT2D eigenvalue weighted by atomic mass is 10.1. The lowest BCUT2D eigenvalue weighted by Crippen LogP contribution is -2.14. The van der Waals surface area contributed by atoms with Crippen molar-refractivity contribution in [1.82, 2.24) is 4.98 Å². The van der Waals surface area contributed by atoms with Crippen molar-refractivity contribution in [3.05, 3.63) is 33.1 Å². The van der Waals surface area contributed by atoms with Gasteiger partial charge >= 0.3 is 11.9 Å². The predicted octanol–water partition coefficient (Wildman–Crippen LogP) is 2.82. The third-order valence-electron chi connectivity index (χ3n) is 1.90. The third-order valence-corrected chi connectivity index (χ3v) is 1.90. The number of hydrogen-bond donors (Lipinski definition) is 0. The number of nitriles is 1. The normalized spacial score (nSPS) is 11.4. The Morgan fingerprint density at radius 1 is 1.44 bits per heavy atom. The first-order chi connectivity index (χ1) is 8.20. The Bertz CT molecular complexity index is 535. The fourth-order valence-electron chi connectivity index (χ4n) is 1.23. The molecule has 0 aliphatic heterocycles. The van der Waals surface area contributed by atoms with Crippen LogP contribution in [0.2, 0.25) is 0 Å². The van der Waals surface area contributed by atoms with Gasteiger partial charge in [-0.1, -0.05) is 0 Å². The van der Waals surface area contributed by atoms with Crippen LogP contribution < -0.4 is 0 Å². The van der Waals surface area contributed by atoms with Crippen LogP contribution in [0.25, 0.3) is 0 Å². The second kappa shape index (κ2) is 4.52. The molecule has 96 valence electrons. The maximum atomic E-state index is 12.6. The van der Waals surface area contributed by atoms with Gasteiger partial charge in [-0.3, -0.25) is 10.1 Å². The second-order valence-corrected chi connectivity index (χ2v) is 2.95. The average molecular weight is 267 g/mol. The van der Waals surface area contributed by atoms with Crippen LogP contribution in [0.5, 0.6) is 0 Å². The lowest BCUT2D eigenvalue weighted by Gasteiger charge is -2.12. The summed E-state index contributed by atoms with van der Waals surface area (Å²) in [6, 6.07) is 1.10. The molecule has 0 aromatic carbocycles. The van der Waals surface area contributed by atoms with E-state index in [1.54, 1.807) is 0 Å². The molecule has 0 aliphatic rings. The maximum Gasteiger partial charge on any atom is 0.418 e. The van der Waals surface area contributed by atoms with E-state index in [2.05, 4.69) is 4.98 Å². The fourth-order valence-corrected chi connectivity index (χ4v) is 1.23. The first-order valence-corrected chi connectivity index (χ1v) is 4.12. The van der Waals surface area contributed by atoms with Gasteiger partial charge in [0.25, 0.3) is 6.43 Å². The average Bonchev–Trinajstić information content (AvgIpc) is 2.25. The standard InChI is InChI=1S/C8H2F5N3O2/c9-7(10)5-3(8(11,12)13)2-15-4(1-14)6(5)16(17)18/h2,7H. The Balaban J connectivity index is 3.75. The molecule has 0 amide bonds. The summed E-state index contributed by atoms with van der Waals surface area (Å²) in [6.07, 6.45) is -9.00. The highest BCUT2D eigenvalue weighted by molar-refractivity contribution is 5.54. The SMILES string of the molecule is N#Cc1ncc(C(F)(F)F)c(C(F)F)c1[N+](=O)[O-]. The van der Waals surface area contributed by atoms with Crippen LogP contribution in [0.3, 0.4) is 0 Å². The fraction of sp³-hybridized carbons (Fsp3) is 0.250. The third kappa shape index (κ3) is 2.34. The zero-order chi connectivity index (χ0) is 14.1. The largest absolute Gasteiger partial charge is 0.418 e. The van der Waals surface area contributed by atoms with E-state index < -0.39 is 40.0 Å². The van der Waals surface area contributed by atoms with Gasteiger partial charge in [0.15, 0.2) is 0 Å². The summed E-state index contributed by atoms with van der Waals surface area (Å²) in [5, 5.41) is 18.9. The van der Waals surface area contributed by atoms with Crippen molar-refractivity contribution < 1.29 is 26.9 Å². The molecule has 18 heavy (non-hydrogen) atoms. The molecule has 5 nitrogen and oxygen atoms in total. The number of pyridine rings is 1. The van der Waals surface area contributed by atoms with E-state index in [9.17, 15) is 32.1 Å². The zero-order valence-electron chi connectivity index (χ0n) is 8.20. The molecule has 1 rings (SSSR count). The molecule has 1 aromatic heterocycles. The van der Waals surface area contributed by atoms with Crippen LogP contribution in [-0.2, 0) is 6.18 Å². The Morgan fingerprint density at radius 3 is 2.33 bits per heavy atom. The van der Waals surface area contributed by atoms with E-state index in [1.807, 2.05) is 0 Å². The molecule has 0 aliphatic carbocycles. The minimum atomic E-state index is -5.22. The molecule has 0 fully saturated rings. The molecule has 0 saturated carbocycles. The van der Waals surface area contributed by atoms with Crippen molar-refractivity contribution in [3.63, 3.8) is 0 Å². The Labute approximate surface area is 95.6 Å². The summed E-state index contributed by atoms with van der Waals surface area (Å²) in [7, 11) is 0. The van der Waals surface area contributed by atoms with E-state index in [0.717, 1.165) is 6.07 Å². The molecule has 0 N–H and O–H groups in total. The Kier molecular flexibility index (Phi) is 3.45. The van der Waals surface area contributed by atoms with Crippen LogP contribution in [-0.4, -0.2) is 9.91 Å². The highest BCUT2D eigenvalue weighted by Crippen LogP contribution is 2.41. The predicted molar refractivity (Wildman–Crippen MR) is 45.6 cm³/mol. The highest BCUT2D eigenvalue weighted by Gasteiger charge is 2.42. The molecule has 0 unspecified atom stereocenters. The van der Waals surface area contributed by atoms with Crippen molar-refractivity contribution >= 4 is 5.69 Å². The molecule has 0 radical (unpaired) electrons. The van der Waals surface area contributed by atoms with E-state index >= 15 is 0 Å². The van der Waals surface area contributed by atoms with Gasteiger partial charge in [-0.05, 0) is 0 Å². The minimum absolute atomic E-state index is 0.0208. The molecule has 1 aromatic rings. The van der Waals surface area contributed by atoms with Crippen molar-refractivity contribution in [2.45, 2.75) is 12.6 Å². The number of nitrogens with zero attached hydrogens (tertiary/aromatic N) is 3. The molecule has 0 saturated heterocycles. The quantitative estimate of drug-likeness (QED) is 0.468. The topological polar surface area (TPSA) is 79.8 Å². The van der Waals surface area contributed by atoms with Gasteiger partial charge in [-0.2, -0.15) is 18.4 Å². The summed E-state index contributed by atoms with van der Waals surface area (Å²) in [6.45, 7) is 0. The molecular weight excluding hydrogens is 265 g/mol. The van der Waals surface area contributed by atoms with E-state index in [-0.39, 0.29) is 6.20 Å². The first-order valence-electron chi connectivity index (χ1n) is 4.12. The van der Waals surface area contributed by atoms with Crippen LogP contribution in [0.4, 0.5) is 27.6 Å². The minimum Gasteiger partial charge on any atom is -0.258 e. The lowest BCUT2D eigenvalue weighted by molar-refractivity contribution is -0.387. The summed E-state index contributed by atoms with van der Waals surface area (Å²) < 4.78 is 62.3. The number of hydrogen-bond acceptors (Lipinski definition) is 4. The van der Waals surface area contributed by atoms with Gasteiger partial charge in [0.2, 0.25) is 5.69 Å². The van der Waals surface area contributed by atoms with Gasteiger partial charge in [0, 0.05) is 6.20 Å². The van der Waals surface area contributed by atoms with Crippen LogP contribution >= 0.6 is 0 Å². The van der Waals surface area contributed by atoms with Crippen LogP contribution in [0.15, 0.2) is 6.20 Å². The van der Waals surface area contributed by atoms with Crippen LogP contribution in [0.1, 0.15) is 23.2 Å².